The number of benzene rings is 1. The van der Waals surface area contributed by atoms with Crippen molar-refractivity contribution in [3.8, 4) is 0 Å². The number of rotatable bonds is 4. The molecule has 1 aromatic carbocycles. The fraction of sp³-hybridized carbons (Fsp3) is 0.500. The van der Waals surface area contributed by atoms with Crippen LogP contribution in [0.15, 0.2) is 29.2 Å². The minimum Gasteiger partial charge on any atom is -0.327 e. The highest BCUT2D eigenvalue weighted by molar-refractivity contribution is 7.92. The smallest absolute Gasteiger partial charge is 0.327 e. The van der Waals surface area contributed by atoms with Crippen LogP contribution in [0.4, 0.5) is 13.2 Å². The topological polar surface area (TPSA) is 60.2 Å². The lowest BCUT2D eigenvalue weighted by Crippen LogP contribution is -2.25. The van der Waals surface area contributed by atoms with Gasteiger partial charge in [0.2, 0.25) is 0 Å². The normalized spacial score (nSPS) is 16.1. The van der Waals surface area contributed by atoms with Crippen LogP contribution in [0.25, 0.3) is 0 Å². The van der Waals surface area contributed by atoms with Crippen molar-refractivity contribution >= 4 is 9.84 Å². The first-order valence-electron chi connectivity index (χ1n) is 5.78. The molecule has 0 saturated heterocycles. The highest BCUT2D eigenvalue weighted by Crippen LogP contribution is 2.31. The molecule has 0 aliphatic carbocycles. The number of nitrogens with two attached hydrogens (primary N) is 1. The molecule has 7 heteroatoms. The van der Waals surface area contributed by atoms with Crippen LogP contribution in [0.2, 0.25) is 0 Å². The zero-order valence-electron chi connectivity index (χ0n) is 10.6. The second kappa shape index (κ2) is 5.50. The van der Waals surface area contributed by atoms with Crippen molar-refractivity contribution in [2.75, 3.05) is 0 Å². The van der Waals surface area contributed by atoms with E-state index >= 15 is 0 Å². The van der Waals surface area contributed by atoms with E-state index in [1.165, 1.54) is 12.1 Å². The zero-order chi connectivity index (χ0) is 14.8. The average Bonchev–Trinajstić information content (AvgIpc) is 2.28. The third-order valence-electron chi connectivity index (χ3n) is 3.00. The maximum atomic E-state index is 12.4. The fourth-order valence-electron chi connectivity index (χ4n) is 1.94. The van der Waals surface area contributed by atoms with Gasteiger partial charge in [-0.2, -0.15) is 13.2 Å². The van der Waals surface area contributed by atoms with Crippen LogP contribution in [-0.2, 0) is 9.84 Å². The standard InChI is InChI=1S/C12H16F3NO2S/c1-3-11(8(2)16)9-4-6-10(7-5-9)19(17,18)12(13,14)15/h4-8,11H,3,16H2,1-2H3. The number of hydrogen-bond donors (Lipinski definition) is 1. The van der Waals surface area contributed by atoms with Crippen molar-refractivity contribution in [3.63, 3.8) is 0 Å². The van der Waals surface area contributed by atoms with Crippen LogP contribution in [0.3, 0.4) is 0 Å². The lowest BCUT2D eigenvalue weighted by Gasteiger charge is -2.19. The van der Waals surface area contributed by atoms with Gasteiger partial charge >= 0.3 is 5.51 Å². The molecule has 2 unspecified atom stereocenters. The Hall–Kier alpha value is -1.08. The second-order valence-electron chi connectivity index (χ2n) is 4.39. The molecule has 0 amide bonds. The molecule has 0 aliphatic heterocycles. The average molecular weight is 295 g/mol. The van der Waals surface area contributed by atoms with Gasteiger partial charge in [-0.05, 0) is 37.0 Å². The summed E-state index contributed by atoms with van der Waals surface area (Å²) < 4.78 is 59.5. The molecule has 0 bridgehead atoms. The number of sulfone groups is 1. The molecule has 0 aliphatic rings. The van der Waals surface area contributed by atoms with Gasteiger partial charge in [-0.25, -0.2) is 8.42 Å². The fourth-order valence-corrected chi connectivity index (χ4v) is 2.70. The first-order chi connectivity index (χ1) is 8.61. The third kappa shape index (κ3) is 3.27. The van der Waals surface area contributed by atoms with E-state index in [4.69, 9.17) is 5.73 Å². The molecule has 1 aromatic rings. The lowest BCUT2D eigenvalue weighted by atomic mass is 9.91. The highest BCUT2D eigenvalue weighted by atomic mass is 32.2. The molecule has 2 atom stereocenters. The van der Waals surface area contributed by atoms with E-state index in [0.29, 0.717) is 0 Å². The predicted octanol–water partition coefficient (Wildman–Crippen LogP) is 2.82. The minimum absolute atomic E-state index is 0.0114. The van der Waals surface area contributed by atoms with E-state index in [0.717, 1.165) is 24.1 Å². The summed E-state index contributed by atoms with van der Waals surface area (Å²) in [5, 5.41) is 0. The molecule has 0 radical (unpaired) electrons. The van der Waals surface area contributed by atoms with E-state index in [1.54, 1.807) is 6.92 Å². The SMILES string of the molecule is CCC(c1ccc(S(=O)(=O)C(F)(F)F)cc1)C(C)N. The first kappa shape index (κ1) is 16.0. The van der Waals surface area contributed by atoms with Gasteiger partial charge in [-0.3, -0.25) is 0 Å². The van der Waals surface area contributed by atoms with Crippen molar-refractivity contribution in [2.45, 2.75) is 42.6 Å². The molecular weight excluding hydrogens is 279 g/mol. The summed E-state index contributed by atoms with van der Waals surface area (Å²) in [7, 11) is -5.28. The summed E-state index contributed by atoms with van der Waals surface area (Å²) in [6.45, 7) is 3.71. The highest BCUT2D eigenvalue weighted by Gasteiger charge is 2.46. The Labute approximate surface area is 110 Å². The van der Waals surface area contributed by atoms with E-state index in [1.807, 2.05) is 6.92 Å². The van der Waals surface area contributed by atoms with E-state index in [-0.39, 0.29) is 12.0 Å². The van der Waals surface area contributed by atoms with Crippen LogP contribution in [0.1, 0.15) is 31.7 Å². The molecule has 108 valence electrons. The number of hydrogen-bond acceptors (Lipinski definition) is 3. The maximum absolute atomic E-state index is 12.4. The van der Waals surface area contributed by atoms with Crippen molar-refractivity contribution in [1.82, 2.24) is 0 Å². The van der Waals surface area contributed by atoms with Crippen molar-refractivity contribution in [2.24, 2.45) is 5.73 Å². The Balaban J connectivity index is 3.14. The van der Waals surface area contributed by atoms with Gasteiger partial charge in [0.05, 0.1) is 4.90 Å². The third-order valence-corrected chi connectivity index (χ3v) is 4.50. The van der Waals surface area contributed by atoms with Crippen molar-refractivity contribution < 1.29 is 21.6 Å². The van der Waals surface area contributed by atoms with Crippen LogP contribution in [0, 0.1) is 0 Å². The summed E-state index contributed by atoms with van der Waals surface area (Å²) in [6, 6.07) is 4.56. The Morgan fingerprint density at radius 2 is 1.68 bits per heavy atom. The van der Waals surface area contributed by atoms with Gasteiger partial charge < -0.3 is 5.73 Å². The zero-order valence-corrected chi connectivity index (χ0v) is 11.4. The Morgan fingerprint density at radius 1 is 1.21 bits per heavy atom. The quantitative estimate of drug-likeness (QED) is 0.929. The Morgan fingerprint density at radius 3 is 2.00 bits per heavy atom. The van der Waals surface area contributed by atoms with Gasteiger partial charge in [-0.15, -0.1) is 0 Å². The van der Waals surface area contributed by atoms with Crippen LogP contribution >= 0.6 is 0 Å². The molecule has 2 N–H and O–H groups in total. The van der Waals surface area contributed by atoms with Gasteiger partial charge in [0.1, 0.15) is 0 Å². The predicted molar refractivity (Wildman–Crippen MR) is 66.4 cm³/mol. The molecule has 0 fully saturated rings. The largest absolute Gasteiger partial charge is 0.501 e. The molecule has 0 spiro atoms. The van der Waals surface area contributed by atoms with E-state index < -0.39 is 20.2 Å². The summed E-state index contributed by atoms with van der Waals surface area (Å²) in [4.78, 5) is -0.747. The lowest BCUT2D eigenvalue weighted by molar-refractivity contribution is -0.0436. The summed E-state index contributed by atoms with van der Waals surface area (Å²) in [5.41, 5.74) is 1.23. The van der Waals surface area contributed by atoms with Crippen LogP contribution in [0.5, 0.6) is 0 Å². The van der Waals surface area contributed by atoms with E-state index in [9.17, 15) is 21.6 Å². The van der Waals surface area contributed by atoms with Gasteiger partial charge in [0.15, 0.2) is 0 Å². The van der Waals surface area contributed by atoms with Crippen molar-refractivity contribution in [3.05, 3.63) is 29.8 Å². The monoisotopic (exact) mass is 295 g/mol. The van der Waals surface area contributed by atoms with Gasteiger partial charge in [0, 0.05) is 6.04 Å². The summed E-state index contributed by atoms with van der Waals surface area (Å²) in [6.07, 6.45) is 0.725. The Bertz CT molecular complexity index is 521. The van der Waals surface area contributed by atoms with Crippen LogP contribution < -0.4 is 5.73 Å². The molecule has 0 aromatic heterocycles. The minimum atomic E-state index is -5.28. The van der Waals surface area contributed by atoms with E-state index in [2.05, 4.69) is 0 Å². The second-order valence-corrected chi connectivity index (χ2v) is 6.33. The van der Waals surface area contributed by atoms with Crippen LogP contribution in [-0.4, -0.2) is 20.0 Å². The molecular formula is C12H16F3NO2S. The molecule has 3 nitrogen and oxygen atoms in total. The van der Waals surface area contributed by atoms with Crippen molar-refractivity contribution in [1.29, 1.82) is 0 Å². The summed E-state index contributed by atoms with van der Waals surface area (Å²) >= 11 is 0. The molecule has 0 saturated carbocycles. The van der Waals surface area contributed by atoms with Gasteiger partial charge in [-0.1, -0.05) is 19.1 Å². The summed E-state index contributed by atoms with van der Waals surface area (Å²) in [5.74, 6) is -0.0114. The first-order valence-corrected chi connectivity index (χ1v) is 7.26. The maximum Gasteiger partial charge on any atom is 0.501 e. The molecule has 19 heavy (non-hydrogen) atoms. The molecule has 1 rings (SSSR count). The van der Waals surface area contributed by atoms with Gasteiger partial charge in [0.25, 0.3) is 9.84 Å². The molecule has 0 heterocycles. The number of halogens is 3. The number of alkyl halides is 3. The Kier molecular flexibility index (Phi) is 4.63.